The molecule has 0 radical (unpaired) electrons. The zero-order chi connectivity index (χ0) is 24.8. The number of allylic oxidation sites excluding steroid dienone is 1. The Balaban J connectivity index is 1.73. The number of hydrogen-bond donors (Lipinski definition) is 0. The summed E-state index contributed by atoms with van der Waals surface area (Å²) in [6.07, 6.45) is 0. The fourth-order valence-corrected chi connectivity index (χ4v) is 5.90. The highest BCUT2D eigenvalue weighted by atomic mass is 32.1. The Morgan fingerprint density at radius 3 is 2.36 bits per heavy atom. The molecule has 4 aromatic carbocycles. The van der Waals surface area contributed by atoms with Gasteiger partial charge in [0.1, 0.15) is 0 Å². The first-order chi connectivity index (χ1) is 17.6. The molecule has 170 valence electrons. The zero-order valence-corrected chi connectivity index (χ0v) is 20.7. The van der Waals surface area contributed by atoms with Crippen molar-refractivity contribution in [2.75, 3.05) is 4.90 Å². The predicted molar refractivity (Wildman–Crippen MR) is 150 cm³/mol. The molecule has 0 N–H and O–H groups in total. The van der Waals surface area contributed by atoms with Gasteiger partial charge in [0.2, 0.25) is 0 Å². The van der Waals surface area contributed by atoms with Crippen LogP contribution in [-0.4, -0.2) is 0 Å². The van der Waals surface area contributed by atoms with E-state index in [0.717, 1.165) is 38.3 Å². The predicted octanol–water partition coefficient (Wildman–Crippen LogP) is 9.17. The van der Waals surface area contributed by atoms with Crippen molar-refractivity contribution in [2.24, 2.45) is 0 Å². The largest absolute Gasteiger partial charge is 0.309 e. The van der Waals surface area contributed by atoms with Crippen molar-refractivity contribution in [3.63, 3.8) is 0 Å². The molecule has 3 nitrogen and oxygen atoms in total. The molecule has 2 heterocycles. The summed E-state index contributed by atoms with van der Waals surface area (Å²) in [5.41, 5.74) is 9.82. The quantitative estimate of drug-likeness (QED) is 0.187. The topological polar surface area (TPSA) is 31.4 Å². The van der Waals surface area contributed by atoms with E-state index in [0.29, 0.717) is 5.57 Å². The Morgan fingerprint density at radius 2 is 1.64 bits per heavy atom. The lowest BCUT2D eigenvalue weighted by atomic mass is 9.86. The average molecular weight is 480 g/mol. The third-order valence-corrected chi connectivity index (χ3v) is 7.61. The molecule has 0 fully saturated rings. The van der Waals surface area contributed by atoms with Crippen LogP contribution in [0.2, 0.25) is 0 Å². The van der Waals surface area contributed by atoms with E-state index in [1.807, 2.05) is 17.5 Å². The van der Waals surface area contributed by atoms with Gasteiger partial charge in [0.15, 0.2) is 0 Å². The van der Waals surface area contributed by atoms with Gasteiger partial charge in [-0.05, 0) is 72.1 Å². The van der Waals surface area contributed by atoms with Crippen molar-refractivity contribution in [1.82, 2.24) is 0 Å². The number of nitrogens with zero attached hydrogens (tertiary/aromatic N) is 3. The molecule has 1 aliphatic heterocycles. The van der Waals surface area contributed by atoms with Crippen molar-refractivity contribution in [3.8, 4) is 17.2 Å². The maximum absolute atomic E-state index is 9.84. The number of thiophene rings is 1. The van der Waals surface area contributed by atoms with E-state index in [4.69, 9.17) is 6.57 Å². The molecular formula is C32H21N3S. The minimum Gasteiger partial charge on any atom is -0.309 e. The minimum atomic E-state index is 0.112. The van der Waals surface area contributed by atoms with Gasteiger partial charge in [-0.15, -0.1) is 11.3 Å². The normalized spacial score (nSPS) is 12.5. The molecule has 0 bridgehead atoms. The smallest absolute Gasteiger partial charge is 0.270 e. The van der Waals surface area contributed by atoms with Gasteiger partial charge in [-0.3, -0.25) is 0 Å². The van der Waals surface area contributed by atoms with Crippen molar-refractivity contribution >= 4 is 44.7 Å². The van der Waals surface area contributed by atoms with Crippen LogP contribution in [0.4, 0.5) is 17.1 Å². The van der Waals surface area contributed by atoms with Gasteiger partial charge in [-0.1, -0.05) is 59.7 Å². The lowest BCUT2D eigenvalue weighted by molar-refractivity contribution is 1.27. The summed E-state index contributed by atoms with van der Waals surface area (Å²) in [7, 11) is 0. The van der Waals surface area contributed by atoms with Crippen LogP contribution in [0.25, 0.3) is 32.3 Å². The molecule has 0 unspecified atom stereocenters. The monoisotopic (exact) mass is 479 g/mol. The summed E-state index contributed by atoms with van der Waals surface area (Å²) in [6.45, 7) is 11.9. The van der Waals surface area contributed by atoms with Crippen LogP contribution in [0.15, 0.2) is 96.0 Å². The van der Waals surface area contributed by atoms with Crippen molar-refractivity contribution in [2.45, 2.75) is 13.8 Å². The van der Waals surface area contributed by atoms with Crippen molar-refractivity contribution in [3.05, 3.63) is 129 Å². The van der Waals surface area contributed by atoms with E-state index >= 15 is 0 Å². The minimum absolute atomic E-state index is 0.112. The van der Waals surface area contributed by atoms with Gasteiger partial charge in [0, 0.05) is 27.1 Å². The van der Waals surface area contributed by atoms with Crippen LogP contribution in [0, 0.1) is 31.8 Å². The maximum Gasteiger partial charge on any atom is 0.270 e. The molecule has 0 saturated heterocycles. The summed E-state index contributed by atoms with van der Waals surface area (Å²) in [6, 6.07) is 31.9. The van der Waals surface area contributed by atoms with Crippen LogP contribution >= 0.6 is 11.3 Å². The van der Waals surface area contributed by atoms with Crippen molar-refractivity contribution in [1.29, 1.82) is 5.26 Å². The van der Waals surface area contributed by atoms with E-state index in [1.165, 1.54) is 22.3 Å². The van der Waals surface area contributed by atoms with E-state index in [9.17, 15) is 5.26 Å². The highest BCUT2D eigenvalue weighted by Crippen LogP contribution is 2.52. The summed E-state index contributed by atoms with van der Waals surface area (Å²) in [5.74, 6) is 0. The Kier molecular flexibility index (Phi) is 5.19. The molecule has 6 rings (SSSR count). The standard InChI is InChI=1S/C32H21N3S/c1-20-9-12-22(13-10-20)35-28-15-11-21(2)18-26(28)24-7-4-6-23-25(14-16-29(35)31(23)24)32(27(19-33)34-3)30-8-5-17-36-30/h4-18H,1-2H3/b32-27+. The molecule has 0 atom stereocenters. The highest BCUT2D eigenvalue weighted by Gasteiger charge is 2.28. The summed E-state index contributed by atoms with van der Waals surface area (Å²) >= 11 is 1.55. The van der Waals surface area contributed by atoms with Gasteiger partial charge in [0.05, 0.1) is 24.0 Å². The fourth-order valence-electron chi connectivity index (χ4n) is 5.11. The zero-order valence-electron chi connectivity index (χ0n) is 19.9. The van der Waals surface area contributed by atoms with Gasteiger partial charge in [-0.2, -0.15) is 0 Å². The first-order valence-electron chi connectivity index (χ1n) is 11.7. The third-order valence-electron chi connectivity index (χ3n) is 6.73. The van der Waals surface area contributed by atoms with E-state index in [1.54, 1.807) is 11.3 Å². The number of rotatable bonds is 3. The first kappa shape index (κ1) is 21.9. The summed E-state index contributed by atoms with van der Waals surface area (Å²) in [5, 5.41) is 14.0. The summed E-state index contributed by atoms with van der Waals surface area (Å²) < 4.78 is 0. The molecular weight excluding hydrogens is 458 g/mol. The molecule has 0 aliphatic carbocycles. The number of fused-ring (bicyclic) bond motifs is 2. The molecule has 1 aliphatic rings. The van der Waals surface area contributed by atoms with Crippen molar-refractivity contribution < 1.29 is 0 Å². The lowest BCUT2D eigenvalue weighted by Gasteiger charge is -2.34. The number of aryl methyl sites for hydroxylation is 2. The number of benzene rings is 4. The molecule has 5 aromatic rings. The van der Waals surface area contributed by atoms with Gasteiger partial charge in [0.25, 0.3) is 5.70 Å². The van der Waals surface area contributed by atoms with E-state index < -0.39 is 0 Å². The number of hydrogen-bond acceptors (Lipinski definition) is 3. The molecule has 36 heavy (non-hydrogen) atoms. The SMILES string of the molecule is [C-]#[N+]/C(C#N)=C(/c1cccs1)c1ccc2c3c(cccc13)-c1cc(C)ccc1N2c1ccc(C)cc1. The first-order valence-corrected chi connectivity index (χ1v) is 12.6. The molecule has 1 aromatic heterocycles. The third kappa shape index (κ3) is 3.32. The molecule has 4 heteroatoms. The Morgan fingerprint density at radius 1 is 0.861 bits per heavy atom. The summed E-state index contributed by atoms with van der Waals surface area (Å²) in [4.78, 5) is 6.85. The van der Waals surface area contributed by atoms with Gasteiger partial charge in [-0.25, -0.2) is 10.1 Å². The maximum atomic E-state index is 9.84. The van der Waals surface area contributed by atoms with Gasteiger partial charge >= 0.3 is 0 Å². The van der Waals surface area contributed by atoms with E-state index in [-0.39, 0.29) is 5.70 Å². The fraction of sp³-hybridized carbons (Fsp3) is 0.0625. The second-order valence-corrected chi connectivity index (χ2v) is 9.92. The molecule has 0 spiro atoms. The van der Waals surface area contributed by atoms with Crippen LogP contribution in [0.3, 0.4) is 0 Å². The van der Waals surface area contributed by atoms with Crippen LogP contribution in [0.5, 0.6) is 0 Å². The Labute approximate surface area is 214 Å². The van der Waals surface area contributed by atoms with E-state index in [2.05, 4.69) is 102 Å². The van der Waals surface area contributed by atoms with Crippen LogP contribution < -0.4 is 4.90 Å². The lowest BCUT2D eigenvalue weighted by Crippen LogP contribution is -2.15. The highest BCUT2D eigenvalue weighted by molar-refractivity contribution is 7.11. The molecule has 0 saturated carbocycles. The second kappa shape index (κ2) is 8.54. The number of anilines is 3. The Hall–Kier alpha value is -4.64. The Bertz CT molecular complexity index is 1750. The van der Waals surface area contributed by atoms with Crippen LogP contribution in [-0.2, 0) is 0 Å². The van der Waals surface area contributed by atoms with Gasteiger partial charge < -0.3 is 4.90 Å². The molecule has 0 amide bonds. The second-order valence-electron chi connectivity index (χ2n) is 8.98. The number of nitriles is 1. The van der Waals surface area contributed by atoms with Crippen LogP contribution in [0.1, 0.15) is 21.6 Å². The average Bonchev–Trinajstić information content (AvgIpc) is 3.43.